The summed E-state index contributed by atoms with van der Waals surface area (Å²) in [7, 11) is 0. The number of fused-ring (bicyclic) bond motifs is 1. The number of carbonyl (C=O) groups excluding carboxylic acids is 1. The number of aryl methyl sites for hydroxylation is 1. The molecule has 0 aromatic carbocycles. The molecule has 29 heavy (non-hydrogen) atoms. The number of hydrogen-bond donors (Lipinski definition) is 1. The summed E-state index contributed by atoms with van der Waals surface area (Å²) >= 11 is 5.88. The average Bonchev–Trinajstić information content (AvgIpc) is 3.06. The van der Waals surface area contributed by atoms with E-state index in [2.05, 4.69) is 15.4 Å². The molecule has 7 nitrogen and oxygen atoms in total. The molecule has 154 valence electrons. The Balaban J connectivity index is 1.93. The zero-order chi connectivity index (χ0) is 21.3. The van der Waals surface area contributed by atoms with Crippen LogP contribution in [0.3, 0.4) is 0 Å². The Morgan fingerprint density at radius 3 is 2.69 bits per heavy atom. The summed E-state index contributed by atoms with van der Waals surface area (Å²) < 4.78 is 42.5. The lowest BCUT2D eigenvalue weighted by atomic mass is 10.2. The molecule has 1 N–H and O–H groups in total. The predicted octanol–water partition coefficient (Wildman–Crippen LogP) is 3.87. The molecule has 0 aliphatic rings. The van der Waals surface area contributed by atoms with Gasteiger partial charge in [0.2, 0.25) is 5.91 Å². The summed E-state index contributed by atoms with van der Waals surface area (Å²) in [5.74, 6) is -0.469. The quantitative estimate of drug-likeness (QED) is 0.626. The van der Waals surface area contributed by atoms with E-state index in [1.807, 2.05) is 0 Å². The van der Waals surface area contributed by atoms with Crippen LogP contribution in [0.4, 0.5) is 18.9 Å². The number of alkyl halides is 3. The van der Waals surface area contributed by atoms with Crippen LogP contribution in [0, 0.1) is 0 Å². The second-order valence-corrected chi connectivity index (χ2v) is 6.98. The van der Waals surface area contributed by atoms with Gasteiger partial charge in [-0.2, -0.15) is 18.3 Å². The van der Waals surface area contributed by atoms with Crippen molar-refractivity contribution in [3.63, 3.8) is 0 Å². The number of nitrogens with zero attached hydrogens (tertiary/aromatic N) is 4. The molecule has 0 atom stereocenters. The first-order valence-corrected chi connectivity index (χ1v) is 9.06. The van der Waals surface area contributed by atoms with Crippen LogP contribution in [-0.4, -0.2) is 25.2 Å². The van der Waals surface area contributed by atoms with Crippen LogP contribution in [-0.2, 0) is 17.5 Å². The first-order valence-electron chi connectivity index (χ1n) is 8.68. The highest BCUT2D eigenvalue weighted by Gasteiger charge is 2.35. The van der Waals surface area contributed by atoms with Crippen molar-refractivity contribution in [3.05, 3.63) is 51.7 Å². The van der Waals surface area contributed by atoms with E-state index in [0.29, 0.717) is 11.8 Å². The molecule has 0 aliphatic heterocycles. The van der Waals surface area contributed by atoms with E-state index >= 15 is 0 Å². The average molecular weight is 428 g/mol. The molecule has 0 unspecified atom stereocenters. The second kappa shape index (κ2) is 7.86. The van der Waals surface area contributed by atoms with Gasteiger partial charge in [0.25, 0.3) is 5.56 Å². The van der Waals surface area contributed by atoms with Gasteiger partial charge in [-0.1, -0.05) is 11.6 Å². The van der Waals surface area contributed by atoms with E-state index in [1.54, 1.807) is 26.0 Å². The van der Waals surface area contributed by atoms with E-state index in [9.17, 15) is 22.8 Å². The van der Waals surface area contributed by atoms with Gasteiger partial charge in [0, 0.05) is 42.9 Å². The van der Waals surface area contributed by atoms with Crippen molar-refractivity contribution in [2.24, 2.45) is 0 Å². The van der Waals surface area contributed by atoms with Crippen molar-refractivity contribution in [1.82, 2.24) is 19.3 Å². The fraction of sp³-hybridized carbons (Fsp3) is 0.333. The Hall–Kier alpha value is -2.88. The second-order valence-electron chi connectivity index (χ2n) is 6.63. The zero-order valence-corrected chi connectivity index (χ0v) is 16.3. The number of aromatic nitrogens is 4. The molecule has 3 heterocycles. The van der Waals surface area contributed by atoms with Crippen LogP contribution < -0.4 is 10.9 Å². The van der Waals surface area contributed by atoms with Crippen LogP contribution in [0.1, 0.15) is 31.9 Å². The monoisotopic (exact) mass is 427 g/mol. The highest BCUT2D eigenvalue weighted by molar-refractivity contribution is 6.32. The molecule has 1 amide bonds. The minimum Gasteiger partial charge on any atom is -0.323 e. The Bertz CT molecular complexity index is 1120. The summed E-state index contributed by atoms with van der Waals surface area (Å²) in [5.41, 5.74) is -1.75. The van der Waals surface area contributed by atoms with E-state index in [1.165, 1.54) is 17.1 Å². The molecule has 0 radical (unpaired) electrons. The van der Waals surface area contributed by atoms with Gasteiger partial charge in [-0.25, -0.2) is 4.98 Å². The minimum absolute atomic E-state index is 0.102. The lowest BCUT2D eigenvalue weighted by Crippen LogP contribution is -2.25. The Labute approximate surface area is 168 Å². The third kappa shape index (κ3) is 4.42. The molecular formula is C18H17ClF3N5O2. The van der Waals surface area contributed by atoms with E-state index in [4.69, 9.17) is 11.6 Å². The lowest BCUT2D eigenvalue weighted by Gasteiger charge is -2.12. The Morgan fingerprint density at radius 2 is 2.07 bits per heavy atom. The molecule has 3 rings (SSSR count). The number of halogens is 4. The lowest BCUT2D eigenvalue weighted by molar-refractivity contribution is -0.136. The van der Waals surface area contributed by atoms with Crippen LogP contribution in [0.5, 0.6) is 0 Å². The number of amides is 1. The molecular weight excluding hydrogens is 411 g/mol. The molecule has 0 aliphatic carbocycles. The summed E-state index contributed by atoms with van der Waals surface area (Å²) in [4.78, 5) is 28.4. The number of hydrogen-bond acceptors (Lipinski definition) is 4. The molecule has 3 aromatic heterocycles. The van der Waals surface area contributed by atoms with E-state index in [0.717, 1.165) is 4.57 Å². The van der Waals surface area contributed by atoms with Crippen molar-refractivity contribution in [2.75, 3.05) is 5.32 Å². The highest BCUT2D eigenvalue weighted by atomic mass is 35.5. The maximum Gasteiger partial charge on any atom is 0.417 e. The summed E-state index contributed by atoms with van der Waals surface area (Å²) in [5, 5.41) is 6.60. The van der Waals surface area contributed by atoms with Gasteiger partial charge in [-0.15, -0.1) is 0 Å². The smallest absolute Gasteiger partial charge is 0.323 e. The van der Waals surface area contributed by atoms with Crippen LogP contribution >= 0.6 is 11.6 Å². The van der Waals surface area contributed by atoms with Crippen LogP contribution in [0.25, 0.3) is 11.0 Å². The van der Waals surface area contributed by atoms with Crippen molar-refractivity contribution in [3.8, 4) is 0 Å². The van der Waals surface area contributed by atoms with Crippen molar-refractivity contribution < 1.29 is 18.0 Å². The Kier molecular flexibility index (Phi) is 5.65. The van der Waals surface area contributed by atoms with Gasteiger partial charge < -0.3 is 5.32 Å². The fourth-order valence-electron chi connectivity index (χ4n) is 2.78. The van der Waals surface area contributed by atoms with Crippen LogP contribution in [0.15, 0.2) is 35.4 Å². The number of pyridine rings is 2. The van der Waals surface area contributed by atoms with Gasteiger partial charge in [0.1, 0.15) is 0 Å². The number of anilines is 1. The third-order valence-corrected chi connectivity index (χ3v) is 4.52. The first kappa shape index (κ1) is 20.8. The topological polar surface area (TPSA) is 81.8 Å². The highest BCUT2D eigenvalue weighted by Crippen LogP contribution is 2.33. The number of nitrogens with one attached hydrogen (secondary N) is 1. The molecule has 0 bridgehead atoms. The molecule has 0 saturated carbocycles. The van der Waals surface area contributed by atoms with Gasteiger partial charge in [0.05, 0.1) is 11.3 Å². The van der Waals surface area contributed by atoms with Crippen molar-refractivity contribution in [1.29, 1.82) is 0 Å². The maximum atomic E-state index is 13.4. The van der Waals surface area contributed by atoms with Gasteiger partial charge >= 0.3 is 6.18 Å². The molecule has 0 fully saturated rings. The van der Waals surface area contributed by atoms with Crippen molar-refractivity contribution in [2.45, 2.75) is 39.0 Å². The van der Waals surface area contributed by atoms with Gasteiger partial charge in [-0.05, 0) is 26.0 Å². The molecule has 3 aromatic rings. The van der Waals surface area contributed by atoms with Gasteiger partial charge in [-0.3, -0.25) is 18.8 Å². The SMILES string of the molecule is CC(C)n1cc2c(C(F)(F)F)cc(=O)n(CCC(=O)Nc3cccnc3Cl)c2n1. The first-order chi connectivity index (χ1) is 13.6. The molecule has 0 saturated heterocycles. The molecule has 0 spiro atoms. The number of rotatable bonds is 5. The van der Waals surface area contributed by atoms with Gasteiger partial charge in [0.15, 0.2) is 10.8 Å². The standard InChI is InChI=1S/C18H17ClF3N5O2/c1-10(2)27-9-11-12(18(20,21)22)8-15(29)26(17(11)25-27)7-5-14(28)24-13-4-3-6-23-16(13)19/h3-4,6,8-10H,5,7H2,1-2H3,(H,24,28). The van der Waals surface area contributed by atoms with Crippen LogP contribution in [0.2, 0.25) is 5.15 Å². The number of carbonyl (C=O) groups is 1. The predicted molar refractivity (Wildman–Crippen MR) is 102 cm³/mol. The van der Waals surface area contributed by atoms with Crippen molar-refractivity contribution >= 4 is 34.2 Å². The Morgan fingerprint density at radius 1 is 1.34 bits per heavy atom. The largest absolute Gasteiger partial charge is 0.417 e. The zero-order valence-electron chi connectivity index (χ0n) is 15.5. The summed E-state index contributed by atoms with van der Waals surface area (Å²) in [6, 6.07) is 3.47. The molecule has 11 heteroatoms. The minimum atomic E-state index is -4.70. The normalized spacial score (nSPS) is 12.0. The third-order valence-electron chi connectivity index (χ3n) is 4.22. The maximum absolute atomic E-state index is 13.4. The summed E-state index contributed by atoms with van der Waals surface area (Å²) in [6.07, 6.45) is -2.15. The van der Waals surface area contributed by atoms with E-state index < -0.39 is 23.2 Å². The summed E-state index contributed by atoms with van der Waals surface area (Å²) in [6.45, 7) is 3.37. The fourth-order valence-corrected chi connectivity index (χ4v) is 2.94. The van der Waals surface area contributed by atoms with E-state index in [-0.39, 0.29) is 35.2 Å².